The Morgan fingerprint density at radius 3 is 1.65 bits per heavy atom. The van der Waals surface area contributed by atoms with Crippen LogP contribution >= 0.6 is 50.5 Å². The number of aromatic amines is 1. The molecule has 0 atom stereocenters. The molecule has 2 aromatic rings. The summed E-state index contributed by atoms with van der Waals surface area (Å²) in [5.41, 5.74) is 3.39. The van der Waals surface area contributed by atoms with Crippen LogP contribution < -0.4 is 5.56 Å². The second kappa shape index (κ2) is 11.9. The molecule has 0 aliphatic heterocycles. The van der Waals surface area contributed by atoms with Crippen LogP contribution in [0.4, 0.5) is 0 Å². The van der Waals surface area contributed by atoms with Gasteiger partial charge in [0.05, 0.1) is 0 Å². The van der Waals surface area contributed by atoms with Gasteiger partial charge in [0.1, 0.15) is 16.8 Å². The molecule has 148 valence electrons. The zero-order valence-electron chi connectivity index (χ0n) is 14.6. The van der Waals surface area contributed by atoms with Crippen LogP contribution in [0.5, 0.6) is 0 Å². The van der Waals surface area contributed by atoms with Crippen LogP contribution in [-0.2, 0) is 4.57 Å². The van der Waals surface area contributed by atoms with Gasteiger partial charge in [0, 0.05) is 22.5 Å². The SMILES string of the molecule is C.Cc1nc(C)c(C)c(=O)[nH]1.Cc1nc(C)c(C)c(Cl)n1.O=P(Cl)(Cl)Cl. The standard InChI is InChI=1S/C7H9ClN2.C7H10N2O.CH4.Cl3OP/c1-4-5(2)9-6(3)10-7(4)8;1-4-5(2)8-6(3)9-7(4)10;;1-5(2,3)4/h1-3H3;1-3H3,(H,8,9,10);1H4;. The molecule has 0 saturated heterocycles. The van der Waals surface area contributed by atoms with E-state index in [1.54, 1.807) is 13.8 Å². The third kappa shape index (κ3) is 11.9. The molecule has 1 N–H and O–H groups in total. The van der Waals surface area contributed by atoms with Crippen LogP contribution in [0.25, 0.3) is 0 Å². The topological polar surface area (TPSA) is 88.6 Å². The molecule has 0 fully saturated rings. The number of hydrogen-bond acceptors (Lipinski definition) is 5. The summed E-state index contributed by atoms with van der Waals surface area (Å²) >= 11 is 19.6. The summed E-state index contributed by atoms with van der Waals surface area (Å²) in [7, 11) is 0. The second-order valence-electron chi connectivity index (χ2n) is 5.03. The fourth-order valence-electron chi connectivity index (χ4n) is 1.51. The van der Waals surface area contributed by atoms with Gasteiger partial charge in [-0.05, 0) is 75.3 Å². The first-order valence-corrected chi connectivity index (χ1v) is 11.7. The Bertz CT molecular complexity index is 806. The Morgan fingerprint density at radius 2 is 1.27 bits per heavy atom. The molecule has 0 spiro atoms. The number of aryl methyl sites for hydroxylation is 4. The molecule has 26 heavy (non-hydrogen) atoms. The summed E-state index contributed by atoms with van der Waals surface area (Å²) in [6.45, 7) is 11.0. The van der Waals surface area contributed by atoms with Crippen molar-refractivity contribution in [1.29, 1.82) is 0 Å². The van der Waals surface area contributed by atoms with Crippen LogP contribution in [0.15, 0.2) is 4.79 Å². The average Bonchev–Trinajstić information content (AvgIpc) is 2.40. The lowest BCUT2D eigenvalue weighted by atomic mass is 10.3. The van der Waals surface area contributed by atoms with E-state index in [4.69, 9.17) is 11.6 Å². The molecule has 2 heterocycles. The zero-order valence-corrected chi connectivity index (χ0v) is 18.5. The number of halogens is 4. The van der Waals surface area contributed by atoms with Crippen molar-refractivity contribution in [2.75, 3.05) is 0 Å². The molecule has 0 bridgehead atoms. The van der Waals surface area contributed by atoms with E-state index in [0.29, 0.717) is 16.5 Å². The molecular formula is C15H23Cl4N4O2P. The molecule has 0 radical (unpaired) electrons. The minimum atomic E-state index is -3.22. The fraction of sp³-hybridized carbons (Fsp3) is 0.467. The van der Waals surface area contributed by atoms with Crippen LogP contribution in [0.2, 0.25) is 5.15 Å². The van der Waals surface area contributed by atoms with Crippen LogP contribution in [0.1, 0.15) is 41.6 Å². The van der Waals surface area contributed by atoms with E-state index in [-0.39, 0.29) is 13.0 Å². The van der Waals surface area contributed by atoms with Crippen LogP contribution in [0.3, 0.4) is 0 Å². The average molecular weight is 464 g/mol. The lowest BCUT2D eigenvalue weighted by Crippen LogP contribution is -2.14. The zero-order chi connectivity index (χ0) is 19.9. The summed E-state index contributed by atoms with van der Waals surface area (Å²) in [5, 5.41) is -2.66. The van der Waals surface area contributed by atoms with E-state index < -0.39 is 5.20 Å². The number of rotatable bonds is 0. The normalized spacial score (nSPS) is 9.92. The molecule has 0 aliphatic carbocycles. The predicted molar refractivity (Wildman–Crippen MR) is 112 cm³/mol. The maximum Gasteiger partial charge on any atom is 0.339 e. The number of aromatic nitrogens is 4. The summed E-state index contributed by atoms with van der Waals surface area (Å²) in [6.07, 6.45) is 0. The lowest BCUT2D eigenvalue weighted by Gasteiger charge is -2.00. The molecule has 2 rings (SSSR count). The molecule has 0 aliphatic rings. The number of nitrogens with one attached hydrogen (secondary N) is 1. The van der Waals surface area contributed by atoms with Gasteiger partial charge in [0.25, 0.3) is 5.56 Å². The van der Waals surface area contributed by atoms with Crippen molar-refractivity contribution in [1.82, 2.24) is 19.9 Å². The summed E-state index contributed by atoms with van der Waals surface area (Å²) in [6, 6.07) is 0. The third-order valence-corrected chi connectivity index (χ3v) is 3.32. The Labute approximate surface area is 173 Å². The number of H-pyrrole nitrogens is 1. The number of nitrogens with zero attached hydrogens (tertiary/aromatic N) is 3. The molecule has 0 unspecified atom stereocenters. The van der Waals surface area contributed by atoms with Crippen molar-refractivity contribution < 1.29 is 4.57 Å². The lowest BCUT2D eigenvalue weighted by molar-refractivity contribution is 0.600. The molecule has 11 heteroatoms. The van der Waals surface area contributed by atoms with Crippen molar-refractivity contribution in [3.8, 4) is 0 Å². The first kappa shape index (κ1) is 27.6. The highest BCUT2D eigenvalue weighted by Gasteiger charge is 2.03. The fourth-order valence-corrected chi connectivity index (χ4v) is 1.77. The molecule has 2 aromatic heterocycles. The van der Waals surface area contributed by atoms with Crippen LogP contribution in [0, 0.1) is 41.5 Å². The van der Waals surface area contributed by atoms with Gasteiger partial charge >= 0.3 is 5.20 Å². The molecule has 0 saturated carbocycles. The monoisotopic (exact) mass is 462 g/mol. The van der Waals surface area contributed by atoms with Gasteiger partial charge < -0.3 is 4.98 Å². The van der Waals surface area contributed by atoms with Crippen molar-refractivity contribution in [3.63, 3.8) is 0 Å². The van der Waals surface area contributed by atoms with E-state index in [0.717, 1.165) is 22.8 Å². The quantitative estimate of drug-likeness (QED) is 0.371. The van der Waals surface area contributed by atoms with Crippen molar-refractivity contribution in [2.24, 2.45) is 0 Å². The van der Waals surface area contributed by atoms with Crippen molar-refractivity contribution >= 4 is 50.5 Å². The predicted octanol–water partition coefficient (Wildman–Crippen LogP) is 6.20. The second-order valence-corrected chi connectivity index (χ2v) is 12.0. The van der Waals surface area contributed by atoms with E-state index >= 15 is 0 Å². The highest BCUT2D eigenvalue weighted by atomic mass is 36.0. The van der Waals surface area contributed by atoms with Gasteiger partial charge in [-0.3, -0.25) is 9.36 Å². The van der Waals surface area contributed by atoms with Gasteiger partial charge in [-0.2, -0.15) is 0 Å². The minimum absolute atomic E-state index is 0. The Kier molecular flexibility index (Phi) is 12.7. The summed E-state index contributed by atoms with van der Waals surface area (Å²) in [4.78, 5) is 25.8. The first-order valence-electron chi connectivity index (χ1n) is 6.92. The molecular weight excluding hydrogens is 441 g/mol. The van der Waals surface area contributed by atoms with Gasteiger partial charge in [-0.15, -0.1) is 0 Å². The van der Waals surface area contributed by atoms with Crippen LogP contribution in [-0.4, -0.2) is 19.9 Å². The maximum absolute atomic E-state index is 11.0. The van der Waals surface area contributed by atoms with E-state index in [1.807, 2.05) is 27.7 Å². The highest BCUT2D eigenvalue weighted by Crippen LogP contribution is 2.61. The third-order valence-electron chi connectivity index (χ3n) is 2.95. The molecule has 0 aromatic carbocycles. The Balaban J connectivity index is 0. The van der Waals surface area contributed by atoms with Crippen molar-refractivity contribution in [3.05, 3.63) is 49.7 Å². The van der Waals surface area contributed by atoms with E-state index in [9.17, 15) is 9.36 Å². The van der Waals surface area contributed by atoms with Crippen molar-refractivity contribution in [2.45, 2.75) is 49.0 Å². The first-order chi connectivity index (χ1) is 11.2. The Hall–Kier alpha value is -0.650. The van der Waals surface area contributed by atoms with E-state index in [1.165, 1.54) is 0 Å². The molecule has 6 nitrogen and oxygen atoms in total. The molecule has 0 amide bonds. The smallest absolute Gasteiger partial charge is 0.311 e. The largest absolute Gasteiger partial charge is 0.339 e. The van der Waals surface area contributed by atoms with Gasteiger partial charge in [0.15, 0.2) is 0 Å². The summed E-state index contributed by atoms with van der Waals surface area (Å²) < 4.78 is 9.51. The van der Waals surface area contributed by atoms with Gasteiger partial charge in [-0.1, -0.05) is 19.0 Å². The summed E-state index contributed by atoms with van der Waals surface area (Å²) in [5.74, 6) is 1.40. The van der Waals surface area contributed by atoms with E-state index in [2.05, 4.69) is 53.7 Å². The number of hydrogen-bond donors (Lipinski definition) is 1. The van der Waals surface area contributed by atoms with Gasteiger partial charge in [-0.25, -0.2) is 15.0 Å². The Morgan fingerprint density at radius 1 is 0.846 bits per heavy atom. The highest BCUT2D eigenvalue weighted by molar-refractivity contribution is 8.24. The maximum atomic E-state index is 11.0. The van der Waals surface area contributed by atoms with Gasteiger partial charge in [0.2, 0.25) is 0 Å². The minimum Gasteiger partial charge on any atom is -0.311 e.